The van der Waals surface area contributed by atoms with E-state index in [0.717, 1.165) is 25.6 Å². The van der Waals surface area contributed by atoms with E-state index in [0.29, 0.717) is 5.56 Å². The molecule has 2 heterocycles. The summed E-state index contributed by atoms with van der Waals surface area (Å²) in [7, 11) is 0. The fraction of sp³-hybridized carbons (Fsp3) is 0.625. The van der Waals surface area contributed by atoms with Crippen LogP contribution in [0, 0.1) is 0 Å². The zero-order valence-electron chi connectivity index (χ0n) is 12.3. The molecule has 2 rings (SSSR count). The molecule has 0 unspecified atom stereocenters. The van der Waals surface area contributed by atoms with Gasteiger partial charge in [-0.2, -0.15) is 0 Å². The Morgan fingerprint density at radius 3 is 3.15 bits per heavy atom. The Morgan fingerprint density at radius 2 is 2.40 bits per heavy atom. The molecule has 4 heteroatoms. The lowest BCUT2D eigenvalue weighted by Gasteiger charge is -2.35. The highest BCUT2D eigenvalue weighted by Crippen LogP contribution is 2.19. The predicted octanol–water partition coefficient (Wildman–Crippen LogP) is 2.47. The van der Waals surface area contributed by atoms with Crippen LogP contribution >= 0.6 is 0 Å². The molecule has 0 radical (unpaired) electrons. The third kappa shape index (κ3) is 4.30. The molecule has 4 nitrogen and oxygen atoms in total. The standard InChI is InChI=1S/C16H25N3O/c1-2-15-8-3-4-11-19(15)12-6-10-18-16(20)14-7-5-9-17-13-14/h5,7,9,13,15H,2-4,6,8,10-12H2,1H3,(H,18,20)/t15-/m1/s1. The van der Waals surface area contributed by atoms with Crippen LogP contribution < -0.4 is 5.32 Å². The van der Waals surface area contributed by atoms with Crippen molar-refractivity contribution in [3.63, 3.8) is 0 Å². The Kier molecular flexibility index (Phi) is 5.99. The second kappa shape index (κ2) is 8.00. The van der Waals surface area contributed by atoms with Crippen LogP contribution in [0.15, 0.2) is 24.5 Å². The number of hydrogen-bond donors (Lipinski definition) is 1. The lowest BCUT2D eigenvalue weighted by atomic mass is 10.00. The topological polar surface area (TPSA) is 45.2 Å². The summed E-state index contributed by atoms with van der Waals surface area (Å²) in [5, 5.41) is 2.97. The normalized spacial score (nSPS) is 19.8. The van der Waals surface area contributed by atoms with Gasteiger partial charge in [0.15, 0.2) is 0 Å². The fourth-order valence-corrected chi connectivity index (χ4v) is 2.90. The molecule has 1 fully saturated rings. The first-order valence-corrected chi connectivity index (χ1v) is 7.73. The minimum Gasteiger partial charge on any atom is -0.352 e. The van der Waals surface area contributed by atoms with Crippen molar-refractivity contribution < 1.29 is 4.79 Å². The minimum atomic E-state index is -0.0243. The van der Waals surface area contributed by atoms with Crippen molar-refractivity contribution in [3.8, 4) is 0 Å². The van der Waals surface area contributed by atoms with Crippen LogP contribution in [0.2, 0.25) is 0 Å². The number of pyridine rings is 1. The molecule has 1 aromatic heterocycles. The van der Waals surface area contributed by atoms with Gasteiger partial charge in [0, 0.05) is 31.5 Å². The van der Waals surface area contributed by atoms with E-state index < -0.39 is 0 Å². The molecular weight excluding hydrogens is 250 g/mol. The van der Waals surface area contributed by atoms with Gasteiger partial charge in [-0.15, -0.1) is 0 Å². The SMILES string of the molecule is CC[C@@H]1CCCCN1CCCNC(=O)c1cccnc1. The molecule has 1 amide bonds. The van der Waals surface area contributed by atoms with Gasteiger partial charge in [0.05, 0.1) is 5.56 Å². The summed E-state index contributed by atoms with van der Waals surface area (Å²) in [4.78, 5) is 18.4. The molecule has 1 aliphatic heterocycles. The maximum Gasteiger partial charge on any atom is 0.252 e. The Bertz CT molecular complexity index is 407. The molecule has 1 aliphatic rings. The highest BCUT2D eigenvalue weighted by molar-refractivity contribution is 5.93. The third-order valence-corrected chi connectivity index (χ3v) is 4.05. The molecule has 0 bridgehead atoms. The van der Waals surface area contributed by atoms with Gasteiger partial charge in [0.1, 0.15) is 0 Å². The number of aromatic nitrogens is 1. The second-order valence-electron chi connectivity index (χ2n) is 5.44. The van der Waals surface area contributed by atoms with Gasteiger partial charge in [0.25, 0.3) is 5.91 Å². The summed E-state index contributed by atoms with van der Waals surface area (Å²) in [6, 6.07) is 4.33. The third-order valence-electron chi connectivity index (χ3n) is 4.05. The van der Waals surface area contributed by atoms with Crippen molar-refractivity contribution >= 4 is 5.91 Å². The number of carbonyl (C=O) groups excluding carboxylic acids is 1. The van der Waals surface area contributed by atoms with Crippen LogP contribution in [0.4, 0.5) is 0 Å². The van der Waals surface area contributed by atoms with E-state index in [1.54, 1.807) is 24.5 Å². The molecule has 0 saturated carbocycles. The maximum atomic E-state index is 11.9. The van der Waals surface area contributed by atoms with E-state index in [1.165, 1.54) is 32.2 Å². The Hall–Kier alpha value is -1.42. The van der Waals surface area contributed by atoms with Crippen molar-refractivity contribution in [2.24, 2.45) is 0 Å². The van der Waals surface area contributed by atoms with Gasteiger partial charge in [-0.25, -0.2) is 0 Å². The molecule has 0 aromatic carbocycles. The molecule has 1 N–H and O–H groups in total. The zero-order chi connectivity index (χ0) is 14.2. The van der Waals surface area contributed by atoms with E-state index in [2.05, 4.69) is 22.1 Å². The number of carbonyl (C=O) groups is 1. The number of likely N-dealkylation sites (tertiary alicyclic amines) is 1. The van der Waals surface area contributed by atoms with E-state index in [-0.39, 0.29) is 5.91 Å². The molecule has 0 spiro atoms. The molecule has 20 heavy (non-hydrogen) atoms. The summed E-state index contributed by atoms with van der Waals surface area (Å²) in [6.07, 6.45) is 9.56. The van der Waals surface area contributed by atoms with Crippen LogP contribution in [-0.4, -0.2) is 41.5 Å². The summed E-state index contributed by atoms with van der Waals surface area (Å²) in [5.74, 6) is -0.0243. The lowest BCUT2D eigenvalue weighted by Crippen LogP contribution is -2.40. The summed E-state index contributed by atoms with van der Waals surface area (Å²) in [5.41, 5.74) is 0.636. The number of rotatable bonds is 6. The number of nitrogens with zero attached hydrogens (tertiary/aromatic N) is 2. The Morgan fingerprint density at radius 1 is 1.50 bits per heavy atom. The molecule has 1 atom stereocenters. The summed E-state index contributed by atoms with van der Waals surface area (Å²) >= 11 is 0. The quantitative estimate of drug-likeness (QED) is 0.811. The van der Waals surface area contributed by atoms with Crippen molar-refractivity contribution in [2.45, 2.75) is 45.1 Å². The first-order chi connectivity index (χ1) is 9.81. The average molecular weight is 275 g/mol. The van der Waals surface area contributed by atoms with Crippen LogP contribution in [0.1, 0.15) is 49.4 Å². The van der Waals surface area contributed by atoms with Crippen LogP contribution in [0.5, 0.6) is 0 Å². The highest BCUT2D eigenvalue weighted by atomic mass is 16.1. The lowest BCUT2D eigenvalue weighted by molar-refractivity contribution is 0.0947. The van der Waals surface area contributed by atoms with Crippen molar-refractivity contribution in [3.05, 3.63) is 30.1 Å². The molecule has 1 saturated heterocycles. The molecular formula is C16H25N3O. The van der Waals surface area contributed by atoms with Gasteiger partial charge in [-0.3, -0.25) is 9.78 Å². The highest BCUT2D eigenvalue weighted by Gasteiger charge is 2.19. The molecule has 110 valence electrons. The smallest absolute Gasteiger partial charge is 0.252 e. The van der Waals surface area contributed by atoms with Crippen molar-refractivity contribution in [1.82, 2.24) is 15.2 Å². The Balaban J connectivity index is 1.67. The monoisotopic (exact) mass is 275 g/mol. The summed E-state index contributed by atoms with van der Waals surface area (Å²) in [6.45, 7) is 5.31. The average Bonchev–Trinajstić information content (AvgIpc) is 2.52. The zero-order valence-corrected chi connectivity index (χ0v) is 12.3. The number of piperidine rings is 1. The van der Waals surface area contributed by atoms with E-state index in [4.69, 9.17) is 0 Å². The van der Waals surface area contributed by atoms with Crippen LogP contribution in [0.25, 0.3) is 0 Å². The first-order valence-electron chi connectivity index (χ1n) is 7.73. The minimum absolute atomic E-state index is 0.0243. The van der Waals surface area contributed by atoms with Crippen molar-refractivity contribution in [2.75, 3.05) is 19.6 Å². The van der Waals surface area contributed by atoms with E-state index in [9.17, 15) is 4.79 Å². The molecule has 1 aromatic rings. The second-order valence-corrected chi connectivity index (χ2v) is 5.44. The van der Waals surface area contributed by atoms with E-state index >= 15 is 0 Å². The number of hydrogen-bond acceptors (Lipinski definition) is 3. The van der Waals surface area contributed by atoms with Crippen molar-refractivity contribution in [1.29, 1.82) is 0 Å². The predicted molar refractivity (Wildman–Crippen MR) is 80.7 cm³/mol. The number of nitrogens with one attached hydrogen (secondary N) is 1. The largest absolute Gasteiger partial charge is 0.352 e. The fourth-order valence-electron chi connectivity index (χ4n) is 2.90. The Labute approximate surface area is 121 Å². The van der Waals surface area contributed by atoms with Gasteiger partial charge in [-0.05, 0) is 44.4 Å². The van der Waals surface area contributed by atoms with Gasteiger partial charge < -0.3 is 10.2 Å². The maximum absolute atomic E-state index is 11.9. The molecule has 0 aliphatic carbocycles. The summed E-state index contributed by atoms with van der Waals surface area (Å²) < 4.78 is 0. The van der Waals surface area contributed by atoms with Gasteiger partial charge in [0.2, 0.25) is 0 Å². The van der Waals surface area contributed by atoms with Crippen LogP contribution in [-0.2, 0) is 0 Å². The van der Waals surface area contributed by atoms with Crippen LogP contribution in [0.3, 0.4) is 0 Å². The first kappa shape index (κ1) is 15.0. The van der Waals surface area contributed by atoms with E-state index in [1.807, 2.05) is 0 Å². The van der Waals surface area contributed by atoms with Gasteiger partial charge in [-0.1, -0.05) is 13.3 Å². The number of amides is 1. The van der Waals surface area contributed by atoms with Gasteiger partial charge >= 0.3 is 0 Å².